The van der Waals surface area contributed by atoms with Crippen LogP contribution in [0.3, 0.4) is 0 Å². The first-order valence-corrected chi connectivity index (χ1v) is 7.22. The molecule has 1 fully saturated rings. The van der Waals surface area contributed by atoms with Crippen molar-refractivity contribution in [3.05, 3.63) is 29.8 Å². The van der Waals surface area contributed by atoms with Crippen molar-refractivity contribution >= 4 is 17.6 Å². The van der Waals surface area contributed by atoms with E-state index in [1.807, 2.05) is 0 Å². The third-order valence-corrected chi connectivity index (χ3v) is 3.30. The van der Waals surface area contributed by atoms with Gasteiger partial charge in [-0.05, 0) is 44.1 Å². The largest absolute Gasteiger partial charge is 0.459 e. The van der Waals surface area contributed by atoms with Crippen molar-refractivity contribution in [1.82, 2.24) is 5.32 Å². The van der Waals surface area contributed by atoms with Crippen LogP contribution in [0, 0.1) is 0 Å². The predicted molar refractivity (Wildman–Crippen MR) is 77.1 cm³/mol. The zero-order chi connectivity index (χ0) is 16.9. The average Bonchev–Trinajstić information content (AvgIpc) is 2.46. The number of hydrogen-bond donors (Lipinski definition) is 2. The fourth-order valence-corrected chi connectivity index (χ4v) is 2.24. The third kappa shape index (κ3) is 5.90. The average molecular weight is 330 g/mol. The summed E-state index contributed by atoms with van der Waals surface area (Å²) in [5.41, 5.74) is 0.312. The van der Waals surface area contributed by atoms with Gasteiger partial charge in [0.2, 0.25) is 5.91 Å². The van der Waals surface area contributed by atoms with Gasteiger partial charge in [-0.3, -0.25) is 4.79 Å². The van der Waals surface area contributed by atoms with Crippen LogP contribution < -0.4 is 10.6 Å². The van der Waals surface area contributed by atoms with Crippen molar-refractivity contribution in [2.75, 3.05) is 18.4 Å². The first-order valence-electron chi connectivity index (χ1n) is 7.22. The summed E-state index contributed by atoms with van der Waals surface area (Å²) < 4.78 is 41.8. The van der Waals surface area contributed by atoms with Crippen LogP contribution in [0.2, 0.25) is 0 Å². The summed E-state index contributed by atoms with van der Waals surface area (Å²) in [6.45, 7) is 1.54. The molecular formula is C15H17F3N2O3. The number of ether oxygens (including phenoxy) is 1. The Morgan fingerprint density at radius 3 is 2.61 bits per heavy atom. The molecule has 1 aliphatic heterocycles. The molecule has 126 valence electrons. The van der Waals surface area contributed by atoms with Crippen LogP contribution in [-0.2, 0) is 9.53 Å². The van der Waals surface area contributed by atoms with Gasteiger partial charge in [-0.2, -0.15) is 13.2 Å². The van der Waals surface area contributed by atoms with E-state index in [-0.39, 0.29) is 17.4 Å². The lowest BCUT2D eigenvalue weighted by atomic mass is 10.1. The first kappa shape index (κ1) is 17.3. The Balaban J connectivity index is 1.95. The second-order valence-corrected chi connectivity index (χ2v) is 5.28. The van der Waals surface area contributed by atoms with E-state index >= 15 is 0 Å². The van der Waals surface area contributed by atoms with Crippen LogP contribution in [0.1, 0.15) is 29.6 Å². The number of anilines is 1. The highest BCUT2D eigenvalue weighted by Crippen LogP contribution is 2.21. The fraction of sp³-hybridized carbons (Fsp3) is 0.467. The quantitative estimate of drug-likeness (QED) is 0.833. The van der Waals surface area contributed by atoms with Crippen molar-refractivity contribution in [3.63, 3.8) is 0 Å². The van der Waals surface area contributed by atoms with Gasteiger partial charge in [0.05, 0.1) is 5.56 Å². The Labute approximate surface area is 131 Å². The van der Waals surface area contributed by atoms with Crippen LogP contribution >= 0.6 is 0 Å². The minimum Gasteiger partial charge on any atom is -0.459 e. The van der Waals surface area contributed by atoms with Crippen molar-refractivity contribution < 1.29 is 27.5 Å². The van der Waals surface area contributed by atoms with E-state index in [0.29, 0.717) is 12.8 Å². The lowest BCUT2D eigenvalue weighted by molar-refractivity contribution is -0.150. The monoisotopic (exact) mass is 330 g/mol. The number of benzene rings is 1. The first-order chi connectivity index (χ1) is 10.8. The number of alkyl halides is 3. The molecule has 0 atom stereocenters. The molecular weight excluding hydrogens is 313 g/mol. The van der Waals surface area contributed by atoms with Crippen LogP contribution in [-0.4, -0.2) is 37.2 Å². The number of amides is 1. The van der Waals surface area contributed by atoms with E-state index in [2.05, 4.69) is 10.6 Å². The SMILES string of the molecule is O=C(CC(F)(F)F)Nc1cccc(C(=O)OC2CCNCC2)c1. The minimum absolute atomic E-state index is 0.124. The van der Waals surface area contributed by atoms with Crippen molar-refractivity contribution in [1.29, 1.82) is 0 Å². The van der Waals surface area contributed by atoms with Gasteiger partial charge in [0, 0.05) is 5.69 Å². The maximum Gasteiger partial charge on any atom is 0.397 e. The number of hydrogen-bond acceptors (Lipinski definition) is 4. The summed E-state index contributed by atoms with van der Waals surface area (Å²) >= 11 is 0. The van der Waals surface area contributed by atoms with Gasteiger partial charge in [0.25, 0.3) is 0 Å². The molecule has 0 radical (unpaired) electrons. The summed E-state index contributed by atoms with van der Waals surface area (Å²) in [5, 5.41) is 5.27. The number of carbonyl (C=O) groups excluding carboxylic acids is 2. The van der Waals surface area contributed by atoms with Crippen LogP contribution in [0.25, 0.3) is 0 Å². The smallest absolute Gasteiger partial charge is 0.397 e. The number of nitrogens with one attached hydrogen (secondary N) is 2. The van der Waals surface area contributed by atoms with E-state index in [9.17, 15) is 22.8 Å². The maximum atomic E-state index is 12.1. The second-order valence-electron chi connectivity index (χ2n) is 5.28. The summed E-state index contributed by atoms with van der Waals surface area (Å²) in [6.07, 6.45) is -4.89. The highest BCUT2D eigenvalue weighted by atomic mass is 19.4. The normalized spacial score (nSPS) is 16.0. The molecule has 1 aromatic rings. The Morgan fingerprint density at radius 1 is 1.26 bits per heavy atom. The van der Waals surface area contributed by atoms with Gasteiger partial charge in [0.1, 0.15) is 12.5 Å². The Bertz CT molecular complexity index is 569. The van der Waals surface area contributed by atoms with Crippen molar-refractivity contribution in [2.24, 2.45) is 0 Å². The molecule has 0 unspecified atom stereocenters. The topological polar surface area (TPSA) is 67.4 Å². The molecule has 1 aliphatic rings. The van der Waals surface area contributed by atoms with Gasteiger partial charge in [-0.1, -0.05) is 6.07 Å². The lowest BCUT2D eigenvalue weighted by Crippen LogP contribution is -2.33. The summed E-state index contributed by atoms with van der Waals surface area (Å²) in [7, 11) is 0. The predicted octanol–water partition coefficient (Wildman–Crippen LogP) is 2.49. The molecule has 1 amide bonds. The fourth-order valence-electron chi connectivity index (χ4n) is 2.24. The Hall–Kier alpha value is -2.09. The Kier molecular flexibility index (Phi) is 5.59. The zero-order valence-electron chi connectivity index (χ0n) is 12.3. The molecule has 2 N–H and O–H groups in total. The number of halogens is 3. The molecule has 1 heterocycles. The molecule has 5 nitrogen and oxygen atoms in total. The van der Waals surface area contributed by atoms with E-state index in [0.717, 1.165) is 13.1 Å². The summed E-state index contributed by atoms with van der Waals surface area (Å²) in [5.74, 6) is -1.73. The maximum absolute atomic E-state index is 12.1. The molecule has 0 saturated carbocycles. The molecule has 0 bridgehead atoms. The van der Waals surface area contributed by atoms with Gasteiger partial charge in [-0.25, -0.2) is 4.79 Å². The van der Waals surface area contributed by atoms with E-state index in [1.165, 1.54) is 24.3 Å². The van der Waals surface area contributed by atoms with Crippen molar-refractivity contribution in [2.45, 2.75) is 31.5 Å². The van der Waals surface area contributed by atoms with Gasteiger partial charge in [-0.15, -0.1) is 0 Å². The third-order valence-electron chi connectivity index (χ3n) is 3.30. The van der Waals surface area contributed by atoms with Crippen LogP contribution in [0.5, 0.6) is 0 Å². The van der Waals surface area contributed by atoms with Crippen molar-refractivity contribution in [3.8, 4) is 0 Å². The molecule has 1 aromatic carbocycles. The van der Waals surface area contributed by atoms with Crippen LogP contribution in [0.4, 0.5) is 18.9 Å². The number of rotatable bonds is 4. The number of esters is 1. The molecule has 0 spiro atoms. The molecule has 2 rings (SSSR count). The molecule has 23 heavy (non-hydrogen) atoms. The molecule has 1 saturated heterocycles. The lowest BCUT2D eigenvalue weighted by Gasteiger charge is -2.22. The molecule has 0 aromatic heterocycles. The van der Waals surface area contributed by atoms with Gasteiger partial charge >= 0.3 is 12.1 Å². The van der Waals surface area contributed by atoms with Gasteiger partial charge in [0.15, 0.2) is 0 Å². The summed E-state index contributed by atoms with van der Waals surface area (Å²) in [6, 6.07) is 5.68. The molecule has 8 heteroatoms. The van der Waals surface area contributed by atoms with E-state index in [1.54, 1.807) is 0 Å². The van der Waals surface area contributed by atoms with E-state index < -0.39 is 24.5 Å². The van der Waals surface area contributed by atoms with Gasteiger partial charge < -0.3 is 15.4 Å². The minimum atomic E-state index is -4.57. The Morgan fingerprint density at radius 2 is 1.96 bits per heavy atom. The number of piperidine rings is 1. The molecule has 0 aliphatic carbocycles. The van der Waals surface area contributed by atoms with E-state index in [4.69, 9.17) is 4.74 Å². The highest BCUT2D eigenvalue weighted by molar-refractivity contribution is 5.94. The summed E-state index contributed by atoms with van der Waals surface area (Å²) in [4.78, 5) is 23.3. The zero-order valence-corrected chi connectivity index (χ0v) is 12.3. The second kappa shape index (κ2) is 7.45. The highest BCUT2D eigenvalue weighted by Gasteiger charge is 2.31. The standard InChI is InChI=1S/C15H17F3N2O3/c16-15(17,18)9-13(21)20-11-3-1-2-10(8-11)14(22)23-12-4-6-19-7-5-12/h1-3,8,12,19H,4-7,9H2,(H,20,21). The van der Waals surface area contributed by atoms with Crippen LogP contribution in [0.15, 0.2) is 24.3 Å². The number of carbonyl (C=O) groups is 2.